The van der Waals surface area contributed by atoms with E-state index in [-0.39, 0.29) is 5.56 Å². The molecule has 3 aromatic rings. The van der Waals surface area contributed by atoms with E-state index in [9.17, 15) is 4.79 Å². The Bertz CT molecular complexity index is 1010. The third kappa shape index (κ3) is 3.21. The lowest BCUT2D eigenvalue weighted by Gasteiger charge is -2.10. The van der Waals surface area contributed by atoms with Gasteiger partial charge in [-0.25, -0.2) is 0 Å². The Kier molecular flexibility index (Phi) is 4.71. The summed E-state index contributed by atoms with van der Waals surface area (Å²) in [6.45, 7) is 0.381. The van der Waals surface area contributed by atoms with E-state index in [1.54, 1.807) is 18.2 Å². The van der Waals surface area contributed by atoms with Crippen molar-refractivity contribution < 1.29 is 4.74 Å². The van der Waals surface area contributed by atoms with Crippen LogP contribution in [0.4, 0.5) is 5.69 Å². The highest BCUT2D eigenvalue weighted by Gasteiger charge is 2.07. The zero-order valence-corrected chi connectivity index (χ0v) is 15.0. The van der Waals surface area contributed by atoms with E-state index in [0.29, 0.717) is 23.4 Å². The predicted octanol–water partition coefficient (Wildman–Crippen LogP) is 3.63. The first-order chi connectivity index (χ1) is 11.6. The van der Waals surface area contributed by atoms with E-state index in [1.165, 1.54) is 7.11 Å². The minimum Gasteiger partial charge on any atom is -0.495 e. The topological polar surface area (TPSA) is 77.9 Å². The standard InChI is InChI=1S/C18H14IN3O2/c1-24-16-8-14(6-5-12(16)9-20)21-10-13-7-11-3-2-4-15(19)17(11)22-18(13)23/h2-8,21H,10H2,1H3,(H,22,23). The lowest BCUT2D eigenvalue weighted by Crippen LogP contribution is -2.16. The summed E-state index contributed by atoms with van der Waals surface area (Å²) in [6.07, 6.45) is 0. The molecule has 2 aromatic carbocycles. The van der Waals surface area contributed by atoms with Crippen molar-refractivity contribution >= 4 is 39.2 Å². The van der Waals surface area contributed by atoms with E-state index < -0.39 is 0 Å². The number of nitrogens with one attached hydrogen (secondary N) is 2. The second-order valence-electron chi connectivity index (χ2n) is 5.21. The van der Waals surface area contributed by atoms with Gasteiger partial charge in [0, 0.05) is 27.4 Å². The summed E-state index contributed by atoms with van der Waals surface area (Å²) in [7, 11) is 1.52. The number of nitriles is 1. The number of para-hydroxylation sites is 1. The van der Waals surface area contributed by atoms with Crippen LogP contribution in [0.25, 0.3) is 10.9 Å². The summed E-state index contributed by atoms with van der Waals surface area (Å²) >= 11 is 2.21. The molecule has 0 aliphatic heterocycles. The number of aromatic amines is 1. The van der Waals surface area contributed by atoms with E-state index in [4.69, 9.17) is 10.00 Å². The molecule has 1 aromatic heterocycles. The molecule has 0 aliphatic carbocycles. The lowest BCUT2D eigenvalue weighted by atomic mass is 10.1. The van der Waals surface area contributed by atoms with Crippen LogP contribution in [0.2, 0.25) is 0 Å². The van der Waals surface area contributed by atoms with Crippen LogP contribution in [0.5, 0.6) is 5.75 Å². The second-order valence-corrected chi connectivity index (χ2v) is 6.37. The molecule has 0 saturated heterocycles. The second kappa shape index (κ2) is 6.93. The summed E-state index contributed by atoms with van der Waals surface area (Å²) in [5, 5.41) is 13.2. The fourth-order valence-electron chi connectivity index (χ4n) is 2.46. The normalized spacial score (nSPS) is 10.4. The molecule has 0 fully saturated rings. The number of fused-ring (bicyclic) bond motifs is 1. The van der Waals surface area contributed by atoms with Crippen LogP contribution in [-0.2, 0) is 6.54 Å². The summed E-state index contributed by atoms with van der Waals surface area (Å²) in [5.41, 5.74) is 2.65. The molecule has 0 saturated carbocycles. The van der Waals surface area contributed by atoms with Crippen LogP contribution in [0.15, 0.2) is 47.3 Å². The van der Waals surface area contributed by atoms with Crippen molar-refractivity contribution in [2.24, 2.45) is 0 Å². The van der Waals surface area contributed by atoms with Crippen LogP contribution >= 0.6 is 22.6 Å². The average Bonchev–Trinajstić information content (AvgIpc) is 2.60. The van der Waals surface area contributed by atoms with Gasteiger partial charge in [-0.15, -0.1) is 0 Å². The Morgan fingerprint density at radius 1 is 1.29 bits per heavy atom. The smallest absolute Gasteiger partial charge is 0.253 e. The first-order valence-electron chi connectivity index (χ1n) is 7.25. The molecule has 2 N–H and O–H groups in total. The zero-order chi connectivity index (χ0) is 17.1. The maximum Gasteiger partial charge on any atom is 0.253 e. The Hall–Kier alpha value is -2.53. The van der Waals surface area contributed by atoms with Crippen molar-refractivity contribution in [3.8, 4) is 11.8 Å². The maximum atomic E-state index is 12.3. The molecule has 0 radical (unpaired) electrons. The molecule has 3 rings (SSSR count). The molecule has 1 heterocycles. The third-order valence-corrected chi connectivity index (χ3v) is 4.61. The highest BCUT2D eigenvalue weighted by molar-refractivity contribution is 14.1. The fourth-order valence-corrected chi connectivity index (χ4v) is 3.12. The molecule has 0 atom stereocenters. The number of pyridine rings is 1. The van der Waals surface area contributed by atoms with Crippen LogP contribution in [0, 0.1) is 14.9 Å². The number of hydrogen-bond donors (Lipinski definition) is 2. The Labute approximate surface area is 152 Å². The zero-order valence-electron chi connectivity index (χ0n) is 12.9. The first kappa shape index (κ1) is 16.3. The van der Waals surface area contributed by atoms with Gasteiger partial charge in [0.25, 0.3) is 5.56 Å². The van der Waals surface area contributed by atoms with Crippen molar-refractivity contribution in [3.05, 3.63) is 67.5 Å². The van der Waals surface area contributed by atoms with Gasteiger partial charge < -0.3 is 15.0 Å². The highest BCUT2D eigenvalue weighted by Crippen LogP contribution is 2.23. The summed E-state index contributed by atoms with van der Waals surface area (Å²) < 4.78 is 6.20. The lowest BCUT2D eigenvalue weighted by molar-refractivity contribution is 0.413. The quantitative estimate of drug-likeness (QED) is 0.619. The Morgan fingerprint density at radius 2 is 2.12 bits per heavy atom. The number of nitrogens with zero attached hydrogens (tertiary/aromatic N) is 1. The molecule has 0 amide bonds. The predicted molar refractivity (Wildman–Crippen MR) is 102 cm³/mol. The molecular formula is C18H14IN3O2. The minimum absolute atomic E-state index is 0.111. The largest absolute Gasteiger partial charge is 0.495 e. The molecule has 0 unspecified atom stereocenters. The first-order valence-corrected chi connectivity index (χ1v) is 8.32. The summed E-state index contributed by atoms with van der Waals surface area (Å²) in [5.74, 6) is 0.504. The minimum atomic E-state index is -0.111. The molecule has 24 heavy (non-hydrogen) atoms. The number of methoxy groups -OCH3 is 1. The highest BCUT2D eigenvalue weighted by atomic mass is 127. The van der Waals surface area contributed by atoms with Crippen molar-refractivity contribution in [3.63, 3.8) is 0 Å². The van der Waals surface area contributed by atoms with Gasteiger partial charge in [0.2, 0.25) is 0 Å². The third-order valence-electron chi connectivity index (χ3n) is 3.71. The Morgan fingerprint density at radius 3 is 2.88 bits per heavy atom. The van der Waals surface area contributed by atoms with Gasteiger partial charge in [-0.1, -0.05) is 12.1 Å². The van der Waals surface area contributed by atoms with Gasteiger partial charge in [-0.3, -0.25) is 4.79 Å². The van der Waals surface area contributed by atoms with Crippen LogP contribution in [0.1, 0.15) is 11.1 Å². The van der Waals surface area contributed by atoms with E-state index in [1.807, 2.05) is 24.3 Å². The number of halogens is 1. The summed E-state index contributed by atoms with van der Waals surface area (Å²) in [4.78, 5) is 15.2. The van der Waals surface area contributed by atoms with Gasteiger partial charge in [0.1, 0.15) is 11.8 Å². The van der Waals surface area contributed by atoms with E-state index >= 15 is 0 Å². The molecular weight excluding hydrogens is 417 g/mol. The number of H-pyrrole nitrogens is 1. The Balaban J connectivity index is 1.87. The molecule has 6 heteroatoms. The van der Waals surface area contributed by atoms with Crippen LogP contribution in [0.3, 0.4) is 0 Å². The van der Waals surface area contributed by atoms with Crippen molar-refractivity contribution in [1.29, 1.82) is 5.26 Å². The number of benzene rings is 2. The van der Waals surface area contributed by atoms with Crippen molar-refractivity contribution in [1.82, 2.24) is 4.98 Å². The molecule has 0 bridgehead atoms. The van der Waals surface area contributed by atoms with Gasteiger partial charge in [-0.05, 0) is 52.2 Å². The number of anilines is 1. The van der Waals surface area contributed by atoms with Crippen LogP contribution < -0.4 is 15.6 Å². The average molecular weight is 431 g/mol. The molecule has 5 nitrogen and oxygen atoms in total. The van der Waals surface area contributed by atoms with Crippen LogP contribution in [-0.4, -0.2) is 12.1 Å². The van der Waals surface area contributed by atoms with Gasteiger partial charge in [0.05, 0.1) is 18.2 Å². The summed E-state index contributed by atoms with van der Waals surface area (Å²) in [6, 6.07) is 15.1. The van der Waals surface area contributed by atoms with Crippen molar-refractivity contribution in [2.75, 3.05) is 12.4 Å². The number of hydrogen-bond acceptors (Lipinski definition) is 4. The van der Waals surface area contributed by atoms with E-state index in [0.717, 1.165) is 20.2 Å². The molecule has 0 spiro atoms. The fraction of sp³-hybridized carbons (Fsp3) is 0.111. The monoisotopic (exact) mass is 431 g/mol. The molecule has 120 valence electrons. The maximum absolute atomic E-state index is 12.3. The molecule has 0 aliphatic rings. The van der Waals surface area contributed by atoms with Gasteiger partial charge in [-0.2, -0.15) is 5.26 Å². The van der Waals surface area contributed by atoms with Gasteiger partial charge >= 0.3 is 0 Å². The van der Waals surface area contributed by atoms with Gasteiger partial charge in [0.15, 0.2) is 0 Å². The van der Waals surface area contributed by atoms with Crippen molar-refractivity contribution in [2.45, 2.75) is 6.54 Å². The number of aromatic nitrogens is 1. The SMILES string of the molecule is COc1cc(NCc2cc3cccc(I)c3[nH]c2=O)ccc1C#N. The number of ether oxygens (including phenoxy) is 1. The van der Waals surface area contributed by atoms with E-state index in [2.05, 4.69) is 39.0 Å². The number of rotatable bonds is 4.